The van der Waals surface area contributed by atoms with Crippen LogP contribution in [0.4, 0.5) is 0 Å². The molecule has 4 aromatic carbocycles. The van der Waals surface area contributed by atoms with Crippen molar-refractivity contribution >= 4 is 0 Å². The second kappa shape index (κ2) is 20.8. The molecule has 3 aliphatic rings. The Hall–Kier alpha value is -4.44. The van der Waals surface area contributed by atoms with Crippen molar-refractivity contribution in [1.82, 2.24) is 0 Å². The van der Waals surface area contributed by atoms with Crippen LogP contribution in [0.3, 0.4) is 0 Å². The molecule has 0 nitrogen and oxygen atoms in total. The normalized spacial score (nSPS) is 12.3. The van der Waals surface area contributed by atoms with Gasteiger partial charge in [-0.3, -0.25) is 0 Å². The predicted octanol–water partition coefficient (Wildman–Crippen LogP) is 15.7. The Bertz CT molecular complexity index is 1930. The molecule has 0 heteroatoms. The van der Waals surface area contributed by atoms with Gasteiger partial charge in [0, 0.05) is 36.0 Å². The molecule has 0 atom stereocenters. The molecule has 0 spiro atoms. The molecular formula is C57H66. The Labute approximate surface area is 347 Å². The van der Waals surface area contributed by atoms with Gasteiger partial charge in [0.1, 0.15) is 0 Å². The van der Waals surface area contributed by atoms with Gasteiger partial charge in [-0.1, -0.05) is 171 Å². The maximum Gasteiger partial charge on any atom is 0.0248 e. The lowest BCUT2D eigenvalue weighted by Gasteiger charge is -2.17. The molecule has 0 saturated carbocycles. The van der Waals surface area contributed by atoms with E-state index in [4.69, 9.17) is 0 Å². The Balaban J connectivity index is 1.15. The van der Waals surface area contributed by atoms with E-state index in [0.29, 0.717) is 0 Å². The molecular weight excluding hydrogens is 685 g/mol. The van der Waals surface area contributed by atoms with Crippen LogP contribution in [0.25, 0.3) is 33.4 Å². The summed E-state index contributed by atoms with van der Waals surface area (Å²) in [5, 5.41) is 0. The standard InChI is InChI=1S/C57H66/c1-4-7-10-13-16-19-22-25-28-43-31-34-49-46(37-43)40-52-55(49)53-41-47-38-45(30-27-24-21-18-15-12-9-6-3)33-36-51(47)57(53)54-42-48-39-44(32-35-50(48)56(52)54)29-26-23-20-17-14-11-8-5-2/h31-39H,4-24,40-42H2,1-3H3. The highest BCUT2D eigenvalue weighted by atomic mass is 14.4. The maximum atomic E-state index is 3.55. The summed E-state index contributed by atoms with van der Waals surface area (Å²) >= 11 is 0. The minimum atomic E-state index is 0.984. The van der Waals surface area contributed by atoms with Crippen molar-refractivity contribution in [3.8, 4) is 68.9 Å². The number of benzene rings is 4. The fourth-order valence-electron chi connectivity index (χ4n) is 9.66. The maximum absolute atomic E-state index is 3.55. The molecule has 0 unspecified atom stereocenters. The number of fused-ring (bicyclic) bond motifs is 12. The molecule has 294 valence electrons. The van der Waals surface area contributed by atoms with Crippen LogP contribution >= 0.6 is 0 Å². The van der Waals surface area contributed by atoms with E-state index in [1.807, 2.05) is 0 Å². The minimum Gasteiger partial charge on any atom is -0.0979 e. The van der Waals surface area contributed by atoms with E-state index >= 15 is 0 Å². The van der Waals surface area contributed by atoms with Gasteiger partial charge in [0.05, 0.1) is 0 Å². The van der Waals surface area contributed by atoms with Gasteiger partial charge < -0.3 is 0 Å². The fraction of sp³-hybridized carbons (Fsp3) is 0.474. The zero-order valence-corrected chi connectivity index (χ0v) is 35.7. The zero-order chi connectivity index (χ0) is 39.2. The van der Waals surface area contributed by atoms with Crippen LogP contribution in [0.5, 0.6) is 0 Å². The first-order valence-electron chi connectivity index (χ1n) is 23.3. The van der Waals surface area contributed by atoms with E-state index in [0.717, 1.165) is 55.2 Å². The van der Waals surface area contributed by atoms with Gasteiger partial charge in [0.15, 0.2) is 0 Å². The first kappa shape index (κ1) is 40.7. The molecule has 0 radical (unpaired) electrons. The second-order valence-corrected chi connectivity index (χ2v) is 17.2. The first-order valence-corrected chi connectivity index (χ1v) is 23.3. The van der Waals surface area contributed by atoms with Crippen molar-refractivity contribution in [3.63, 3.8) is 0 Å². The van der Waals surface area contributed by atoms with Crippen LogP contribution in [-0.4, -0.2) is 0 Å². The van der Waals surface area contributed by atoms with Gasteiger partial charge >= 0.3 is 0 Å². The van der Waals surface area contributed by atoms with Crippen LogP contribution in [0.15, 0.2) is 54.6 Å². The highest BCUT2D eigenvalue weighted by Gasteiger charge is 2.37. The van der Waals surface area contributed by atoms with E-state index in [9.17, 15) is 0 Å². The van der Waals surface area contributed by atoms with E-state index in [-0.39, 0.29) is 0 Å². The van der Waals surface area contributed by atoms with Crippen molar-refractivity contribution in [1.29, 1.82) is 0 Å². The predicted molar refractivity (Wildman–Crippen MR) is 246 cm³/mol. The number of rotatable bonds is 18. The Morgan fingerprint density at radius 2 is 0.632 bits per heavy atom. The van der Waals surface area contributed by atoms with Crippen molar-refractivity contribution in [3.05, 3.63) is 105 Å². The van der Waals surface area contributed by atoms with E-state index in [1.165, 1.54) is 182 Å². The quantitative estimate of drug-likeness (QED) is 0.0605. The number of hydrogen-bond acceptors (Lipinski definition) is 0. The summed E-state index contributed by atoms with van der Waals surface area (Å²) < 4.78 is 0. The molecule has 0 bridgehead atoms. The molecule has 0 fully saturated rings. The van der Waals surface area contributed by atoms with Crippen molar-refractivity contribution in [2.45, 2.75) is 175 Å². The second-order valence-electron chi connectivity index (χ2n) is 17.2. The number of hydrogen-bond donors (Lipinski definition) is 0. The molecule has 57 heavy (non-hydrogen) atoms. The van der Waals surface area contributed by atoms with Gasteiger partial charge in [-0.05, 0) is 142 Å². The van der Waals surface area contributed by atoms with Crippen molar-refractivity contribution in [2.24, 2.45) is 0 Å². The van der Waals surface area contributed by atoms with Crippen LogP contribution in [0.2, 0.25) is 0 Å². The highest BCUT2D eigenvalue weighted by Crippen LogP contribution is 2.56. The van der Waals surface area contributed by atoms with Gasteiger partial charge in [-0.25, -0.2) is 0 Å². The molecule has 7 rings (SSSR count). The SMILES string of the molecule is CCCCCCCCC#Cc1ccc2c(c1)Cc1c-2c2c(c3c1-c1ccc(C#CCCCCCCCC)cc1C3)-c1ccc(C#CCCCCCCCC)cc1C2. The van der Waals surface area contributed by atoms with Crippen molar-refractivity contribution in [2.75, 3.05) is 0 Å². The summed E-state index contributed by atoms with van der Waals surface area (Å²) in [6, 6.07) is 21.2. The van der Waals surface area contributed by atoms with Gasteiger partial charge in [0.25, 0.3) is 0 Å². The summed E-state index contributed by atoms with van der Waals surface area (Å²) in [6.07, 6.45) is 29.6. The largest absolute Gasteiger partial charge is 0.0979 e. The average molecular weight is 751 g/mol. The van der Waals surface area contributed by atoms with E-state index < -0.39 is 0 Å². The van der Waals surface area contributed by atoms with Gasteiger partial charge in [0.2, 0.25) is 0 Å². The third kappa shape index (κ3) is 10.00. The Morgan fingerprint density at radius 1 is 0.351 bits per heavy atom. The molecule has 0 heterocycles. The molecule has 0 saturated heterocycles. The third-order valence-electron chi connectivity index (χ3n) is 12.7. The molecule has 0 aromatic heterocycles. The molecule has 4 aromatic rings. The fourth-order valence-corrected chi connectivity index (χ4v) is 9.66. The van der Waals surface area contributed by atoms with Crippen LogP contribution in [-0.2, 0) is 19.3 Å². The van der Waals surface area contributed by atoms with Crippen molar-refractivity contribution < 1.29 is 0 Å². The van der Waals surface area contributed by atoms with E-state index in [2.05, 4.69) is 111 Å². The highest BCUT2D eigenvalue weighted by molar-refractivity contribution is 6.00. The Kier molecular flexibility index (Phi) is 14.9. The minimum absolute atomic E-state index is 0.984. The molecule has 0 N–H and O–H groups in total. The van der Waals surface area contributed by atoms with Crippen LogP contribution in [0, 0.1) is 35.5 Å². The van der Waals surface area contributed by atoms with Gasteiger partial charge in [-0.15, -0.1) is 0 Å². The van der Waals surface area contributed by atoms with Crippen LogP contribution < -0.4 is 0 Å². The lowest BCUT2D eigenvalue weighted by Crippen LogP contribution is -1.96. The Morgan fingerprint density at radius 3 is 0.930 bits per heavy atom. The zero-order valence-electron chi connectivity index (χ0n) is 35.7. The summed E-state index contributed by atoms with van der Waals surface area (Å²) in [6.45, 7) is 6.85. The monoisotopic (exact) mass is 751 g/mol. The average Bonchev–Trinajstić information content (AvgIpc) is 3.91. The number of unbranched alkanes of at least 4 members (excludes halogenated alkanes) is 18. The van der Waals surface area contributed by atoms with Crippen LogP contribution in [0.1, 0.15) is 206 Å². The topological polar surface area (TPSA) is 0 Å². The summed E-state index contributed by atoms with van der Waals surface area (Å²) in [5.41, 5.74) is 21.1. The summed E-state index contributed by atoms with van der Waals surface area (Å²) in [4.78, 5) is 0. The molecule has 0 aliphatic heterocycles. The third-order valence-corrected chi connectivity index (χ3v) is 12.7. The smallest absolute Gasteiger partial charge is 0.0248 e. The summed E-state index contributed by atoms with van der Waals surface area (Å²) in [7, 11) is 0. The lowest BCUT2D eigenvalue weighted by atomic mass is 9.86. The molecule has 0 amide bonds. The van der Waals surface area contributed by atoms with E-state index in [1.54, 1.807) is 0 Å². The molecule has 3 aliphatic carbocycles. The lowest BCUT2D eigenvalue weighted by molar-refractivity contribution is 0.614. The van der Waals surface area contributed by atoms with Gasteiger partial charge in [-0.2, -0.15) is 0 Å². The summed E-state index contributed by atoms with van der Waals surface area (Å²) in [5.74, 6) is 21.2. The first-order chi connectivity index (χ1) is 28.2.